The summed E-state index contributed by atoms with van der Waals surface area (Å²) in [6.45, 7) is 6.57. The average molecular weight is 254 g/mol. The molecule has 19 heavy (non-hydrogen) atoms. The van der Waals surface area contributed by atoms with Gasteiger partial charge < -0.3 is 0 Å². The Bertz CT molecular complexity index is 583. The van der Waals surface area contributed by atoms with Gasteiger partial charge in [0.2, 0.25) is 0 Å². The number of aromatic nitrogens is 4. The van der Waals surface area contributed by atoms with Crippen molar-refractivity contribution in [3.05, 3.63) is 35.9 Å². The van der Waals surface area contributed by atoms with Crippen LogP contribution in [0.5, 0.6) is 0 Å². The molecule has 0 amide bonds. The fourth-order valence-corrected chi connectivity index (χ4v) is 2.21. The Morgan fingerprint density at radius 2 is 1.68 bits per heavy atom. The van der Waals surface area contributed by atoms with Crippen molar-refractivity contribution in [1.29, 1.82) is 0 Å². The number of rotatable bonds is 2. The fraction of sp³-hybridized carbons (Fsp3) is 0.467. The summed E-state index contributed by atoms with van der Waals surface area (Å²) >= 11 is 0. The fourth-order valence-electron chi connectivity index (χ4n) is 2.21. The molecular weight excluding hydrogens is 236 g/mol. The van der Waals surface area contributed by atoms with Crippen molar-refractivity contribution in [3.8, 4) is 11.6 Å². The zero-order valence-corrected chi connectivity index (χ0v) is 11.6. The van der Waals surface area contributed by atoms with E-state index in [-0.39, 0.29) is 5.41 Å². The summed E-state index contributed by atoms with van der Waals surface area (Å²) < 4.78 is 0. The van der Waals surface area contributed by atoms with Gasteiger partial charge in [-0.15, -0.1) is 0 Å². The predicted octanol–water partition coefficient (Wildman–Crippen LogP) is 3.11. The van der Waals surface area contributed by atoms with Crippen LogP contribution < -0.4 is 0 Å². The van der Waals surface area contributed by atoms with Gasteiger partial charge >= 0.3 is 0 Å². The van der Waals surface area contributed by atoms with Crippen LogP contribution in [0.3, 0.4) is 0 Å². The zero-order valence-electron chi connectivity index (χ0n) is 11.6. The SMILES string of the molecule is CC(C)(C)c1nc(-c2ncccn2)ncc1C1CC1. The highest BCUT2D eigenvalue weighted by Gasteiger charge is 2.31. The molecule has 0 bridgehead atoms. The lowest BCUT2D eigenvalue weighted by Gasteiger charge is -2.21. The molecule has 0 aromatic carbocycles. The predicted molar refractivity (Wildman–Crippen MR) is 73.7 cm³/mol. The van der Waals surface area contributed by atoms with E-state index < -0.39 is 0 Å². The van der Waals surface area contributed by atoms with Crippen molar-refractivity contribution >= 4 is 0 Å². The maximum absolute atomic E-state index is 4.74. The first-order valence-electron chi connectivity index (χ1n) is 6.70. The summed E-state index contributed by atoms with van der Waals surface area (Å²) in [7, 11) is 0. The van der Waals surface area contributed by atoms with Gasteiger partial charge in [-0.3, -0.25) is 0 Å². The first-order chi connectivity index (χ1) is 9.05. The Morgan fingerprint density at radius 3 is 2.26 bits per heavy atom. The molecule has 3 rings (SSSR count). The lowest BCUT2D eigenvalue weighted by Crippen LogP contribution is -2.18. The summed E-state index contributed by atoms with van der Waals surface area (Å²) in [6.07, 6.45) is 7.92. The third-order valence-corrected chi connectivity index (χ3v) is 3.31. The Balaban J connectivity index is 2.09. The molecule has 4 heteroatoms. The molecule has 0 N–H and O–H groups in total. The van der Waals surface area contributed by atoms with Gasteiger partial charge in [0.25, 0.3) is 0 Å². The Hall–Kier alpha value is -1.84. The van der Waals surface area contributed by atoms with Gasteiger partial charge in [0.15, 0.2) is 11.6 Å². The van der Waals surface area contributed by atoms with E-state index in [2.05, 4.69) is 35.7 Å². The second-order valence-electron chi connectivity index (χ2n) is 6.09. The van der Waals surface area contributed by atoms with E-state index in [0.29, 0.717) is 17.6 Å². The van der Waals surface area contributed by atoms with E-state index >= 15 is 0 Å². The monoisotopic (exact) mass is 254 g/mol. The van der Waals surface area contributed by atoms with Crippen LogP contribution in [0.2, 0.25) is 0 Å². The summed E-state index contributed by atoms with van der Waals surface area (Å²) in [5, 5.41) is 0. The first-order valence-corrected chi connectivity index (χ1v) is 6.70. The van der Waals surface area contributed by atoms with Gasteiger partial charge in [0.1, 0.15) is 0 Å². The summed E-state index contributed by atoms with van der Waals surface area (Å²) in [6, 6.07) is 1.80. The van der Waals surface area contributed by atoms with Crippen LogP contribution in [0.1, 0.15) is 50.8 Å². The average Bonchev–Trinajstić information content (AvgIpc) is 3.22. The Morgan fingerprint density at radius 1 is 1.00 bits per heavy atom. The molecular formula is C15H18N4. The van der Waals surface area contributed by atoms with Gasteiger partial charge in [-0.25, -0.2) is 19.9 Å². The summed E-state index contributed by atoms with van der Waals surface area (Å²) in [4.78, 5) is 17.6. The topological polar surface area (TPSA) is 51.6 Å². The summed E-state index contributed by atoms with van der Waals surface area (Å²) in [5.41, 5.74) is 2.45. The molecule has 1 aliphatic carbocycles. The van der Waals surface area contributed by atoms with E-state index in [9.17, 15) is 0 Å². The second kappa shape index (κ2) is 4.37. The van der Waals surface area contributed by atoms with Crippen molar-refractivity contribution in [2.45, 2.75) is 44.9 Å². The second-order valence-corrected chi connectivity index (χ2v) is 6.09. The molecule has 0 spiro atoms. The molecule has 0 radical (unpaired) electrons. The Kier molecular flexibility index (Phi) is 2.81. The minimum Gasteiger partial charge on any atom is -0.234 e. The van der Waals surface area contributed by atoms with Gasteiger partial charge in [-0.2, -0.15) is 0 Å². The largest absolute Gasteiger partial charge is 0.234 e. The van der Waals surface area contributed by atoms with Gasteiger partial charge in [-0.1, -0.05) is 20.8 Å². The maximum atomic E-state index is 4.74. The first kappa shape index (κ1) is 12.2. The van der Waals surface area contributed by atoms with Crippen LogP contribution >= 0.6 is 0 Å². The van der Waals surface area contributed by atoms with Crippen LogP contribution in [0.4, 0.5) is 0 Å². The van der Waals surface area contributed by atoms with Crippen molar-refractivity contribution in [2.75, 3.05) is 0 Å². The normalized spacial score (nSPS) is 15.5. The van der Waals surface area contributed by atoms with Gasteiger partial charge in [0, 0.05) is 24.0 Å². The minimum absolute atomic E-state index is 0.0182. The highest BCUT2D eigenvalue weighted by atomic mass is 15.0. The molecule has 4 nitrogen and oxygen atoms in total. The third kappa shape index (κ3) is 2.48. The van der Waals surface area contributed by atoms with Crippen molar-refractivity contribution in [2.24, 2.45) is 0 Å². The maximum Gasteiger partial charge on any atom is 0.197 e. The van der Waals surface area contributed by atoms with Crippen LogP contribution in [0.15, 0.2) is 24.7 Å². The van der Waals surface area contributed by atoms with Crippen molar-refractivity contribution in [1.82, 2.24) is 19.9 Å². The molecule has 2 aromatic rings. The summed E-state index contributed by atoms with van der Waals surface area (Å²) in [5.74, 6) is 1.87. The van der Waals surface area contributed by atoms with Gasteiger partial charge in [0.05, 0.1) is 5.69 Å². The standard InChI is InChI=1S/C15H18N4/c1-15(2,3)12-11(10-5-6-10)9-18-14(19-12)13-16-7-4-8-17-13/h4,7-10H,5-6H2,1-3H3. The van der Waals surface area contributed by atoms with E-state index in [1.54, 1.807) is 18.5 Å². The highest BCUT2D eigenvalue weighted by molar-refractivity contribution is 5.45. The quantitative estimate of drug-likeness (QED) is 0.826. The minimum atomic E-state index is 0.0182. The highest BCUT2D eigenvalue weighted by Crippen LogP contribution is 2.43. The Labute approximate surface area is 113 Å². The van der Waals surface area contributed by atoms with Crippen molar-refractivity contribution in [3.63, 3.8) is 0 Å². The van der Waals surface area contributed by atoms with E-state index in [1.807, 2.05) is 6.20 Å². The zero-order chi connectivity index (χ0) is 13.5. The van der Waals surface area contributed by atoms with Crippen LogP contribution in [-0.4, -0.2) is 19.9 Å². The molecule has 1 aliphatic rings. The molecule has 0 unspecified atom stereocenters. The molecule has 1 saturated carbocycles. The third-order valence-electron chi connectivity index (χ3n) is 3.31. The molecule has 0 aliphatic heterocycles. The smallest absolute Gasteiger partial charge is 0.197 e. The molecule has 0 saturated heterocycles. The molecule has 2 heterocycles. The van der Waals surface area contributed by atoms with E-state index in [0.717, 1.165) is 5.69 Å². The van der Waals surface area contributed by atoms with Gasteiger partial charge in [-0.05, 0) is 30.4 Å². The number of nitrogens with zero attached hydrogens (tertiary/aromatic N) is 4. The molecule has 0 atom stereocenters. The number of hydrogen-bond donors (Lipinski definition) is 0. The van der Waals surface area contributed by atoms with Crippen molar-refractivity contribution < 1.29 is 0 Å². The van der Waals surface area contributed by atoms with E-state index in [1.165, 1.54) is 18.4 Å². The molecule has 98 valence electrons. The number of hydrogen-bond acceptors (Lipinski definition) is 4. The van der Waals surface area contributed by atoms with Crippen LogP contribution in [-0.2, 0) is 5.41 Å². The van der Waals surface area contributed by atoms with Crippen LogP contribution in [0, 0.1) is 0 Å². The molecule has 1 fully saturated rings. The lowest BCUT2D eigenvalue weighted by atomic mass is 9.87. The van der Waals surface area contributed by atoms with Crippen LogP contribution in [0.25, 0.3) is 11.6 Å². The molecule has 2 aromatic heterocycles. The lowest BCUT2D eigenvalue weighted by molar-refractivity contribution is 0.558. The van der Waals surface area contributed by atoms with E-state index in [4.69, 9.17) is 4.98 Å².